The predicted octanol–water partition coefficient (Wildman–Crippen LogP) is 1.76. The summed E-state index contributed by atoms with van der Waals surface area (Å²) in [4.78, 5) is 15.6. The molecule has 0 radical (unpaired) electrons. The van der Waals surface area contributed by atoms with Crippen LogP contribution in [0.15, 0.2) is 41.5 Å². The third-order valence-corrected chi connectivity index (χ3v) is 2.28. The normalized spacial score (nSPS) is 9.75. The van der Waals surface area contributed by atoms with Gasteiger partial charge in [-0.25, -0.2) is 4.98 Å². The molecule has 0 unspecified atom stereocenters. The number of rotatable bonds is 1. The lowest BCUT2D eigenvalue weighted by atomic mass is 10.3. The maximum absolute atomic E-state index is 11.8. The molecule has 0 saturated carbocycles. The number of nitriles is 1. The Morgan fingerprint density at radius 1 is 1.38 bits per heavy atom. The van der Waals surface area contributed by atoms with Gasteiger partial charge in [-0.05, 0) is 24.3 Å². The van der Waals surface area contributed by atoms with Gasteiger partial charge in [-0.3, -0.25) is 9.36 Å². The summed E-state index contributed by atoms with van der Waals surface area (Å²) < 4.78 is 1.35. The molecule has 2 aromatic heterocycles. The van der Waals surface area contributed by atoms with Gasteiger partial charge in [0.2, 0.25) is 0 Å². The van der Waals surface area contributed by atoms with Crippen molar-refractivity contribution in [1.82, 2.24) is 9.55 Å². The van der Waals surface area contributed by atoms with E-state index < -0.39 is 0 Å². The van der Waals surface area contributed by atoms with Gasteiger partial charge in [-0.2, -0.15) is 5.26 Å². The molecule has 0 N–H and O–H groups in total. The van der Waals surface area contributed by atoms with E-state index in [4.69, 9.17) is 16.9 Å². The highest BCUT2D eigenvalue weighted by Gasteiger charge is 2.03. The maximum Gasteiger partial charge on any atom is 0.273 e. The lowest BCUT2D eigenvalue weighted by Gasteiger charge is -2.04. The largest absolute Gasteiger partial charge is 0.282 e. The molecule has 78 valence electrons. The van der Waals surface area contributed by atoms with Crippen LogP contribution in [0, 0.1) is 11.3 Å². The highest BCUT2D eigenvalue weighted by molar-refractivity contribution is 6.29. The Hall–Kier alpha value is -2.12. The van der Waals surface area contributed by atoms with E-state index >= 15 is 0 Å². The van der Waals surface area contributed by atoms with Crippen LogP contribution >= 0.6 is 11.6 Å². The van der Waals surface area contributed by atoms with E-state index in [2.05, 4.69) is 4.98 Å². The van der Waals surface area contributed by atoms with Crippen molar-refractivity contribution in [1.29, 1.82) is 5.26 Å². The summed E-state index contributed by atoms with van der Waals surface area (Å²) in [5.74, 6) is 0. The summed E-state index contributed by atoms with van der Waals surface area (Å²) in [7, 11) is 0. The summed E-state index contributed by atoms with van der Waals surface area (Å²) in [5.41, 5.74) is 0.304. The highest BCUT2D eigenvalue weighted by atomic mass is 35.5. The van der Waals surface area contributed by atoms with E-state index in [0.717, 1.165) is 0 Å². The van der Waals surface area contributed by atoms with Gasteiger partial charge < -0.3 is 0 Å². The summed E-state index contributed by atoms with van der Waals surface area (Å²) >= 11 is 5.65. The van der Waals surface area contributed by atoms with Crippen LogP contribution in [0.5, 0.6) is 0 Å². The quantitative estimate of drug-likeness (QED) is 0.703. The molecule has 0 atom stereocenters. The molecule has 0 bridgehead atoms. The topological polar surface area (TPSA) is 58.7 Å². The molecule has 2 rings (SSSR count). The minimum atomic E-state index is -0.367. The standard InChI is InChI=1S/C11H6ClN3O/c12-10-4-3-9(7-14-10)15-5-1-2-8(6-13)11(15)16/h1-5,7H. The van der Waals surface area contributed by atoms with Crippen LogP contribution in [0.3, 0.4) is 0 Å². The van der Waals surface area contributed by atoms with Crippen LogP contribution in [0.1, 0.15) is 5.56 Å². The highest BCUT2D eigenvalue weighted by Crippen LogP contribution is 2.08. The van der Waals surface area contributed by atoms with E-state index in [1.54, 1.807) is 24.4 Å². The number of nitrogens with zero attached hydrogens (tertiary/aromatic N) is 3. The molecule has 2 aromatic rings. The molecule has 5 heteroatoms. The Morgan fingerprint density at radius 2 is 2.19 bits per heavy atom. The molecule has 0 aliphatic rings. The van der Waals surface area contributed by atoms with Crippen molar-refractivity contribution < 1.29 is 0 Å². The molecular formula is C11H6ClN3O. The average Bonchev–Trinajstić information content (AvgIpc) is 2.31. The molecule has 0 amide bonds. The summed E-state index contributed by atoms with van der Waals surface area (Å²) in [6, 6.07) is 8.20. The van der Waals surface area contributed by atoms with Crippen molar-refractivity contribution in [2.75, 3.05) is 0 Å². The van der Waals surface area contributed by atoms with Gasteiger partial charge in [0.05, 0.1) is 11.9 Å². The second kappa shape index (κ2) is 4.17. The Balaban J connectivity index is 2.62. The Kier molecular flexibility index (Phi) is 2.71. The lowest BCUT2D eigenvalue weighted by Crippen LogP contribution is -2.19. The Labute approximate surface area is 96.4 Å². The molecule has 0 spiro atoms. The molecule has 16 heavy (non-hydrogen) atoms. The maximum atomic E-state index is 11.8. The van der Waals surface area contributed by atoms with E-state index in [1.165, 1.54) is 16.8 Å². The predicted molar refractivity (Wildman–Crippen MR) is 59.6 cm³/mol. The van der Waals surface area contributed by atoms with Gasteiger partial charge >= 0.3 is 0 Å². The van der Waals surface area contributed by atoms with E-state index in [9.17, 15) is 4.79 Å². The third kappa shape index (κ3) is 1.81. The van der Waals surface area contributed by atoms with Crippen molar-refractivity contribution in [3.63, 3.8) is 0 Å². The lowest BCUT2D eigenvalue weighted by molar-refractivity contribution is 0.971. The second-order valence-corrected chi connectivity index (χ2v) is 3.44. The van der Waals surface area contributed by atoms with Crippen LogP contribution in [-0.4, -0.2) is 9.55 Å². The van der Waals surface area contributed by atoms with Crippen LogP contribution in [-0.2, 0) is 0 Å². The number of halogens is 1. The van der Waals surface area contributed by atoms with Crippen molar-refractivity contribution in [3.8, 4) is 11.8 Å². The number of pyridine rings is 2. The molecule has 2 heterocycles. The smallest absolute Gasteiger partial charge is 0.273 e. The number of hydrogen-bond donors (Lipinski definition) is 0. The van der Waals surface area contributed by atoms with Gasteiger partial charge in [0.1, 0.15) is 16.8 Å². The van der Waals surface area contributed by atoms with Crippen LogP contribution in [0.4, 0.5) is 0 Å². The van der Waals surface area contributed by atoms with Gasteiger partial charge in [-0.15, -0.1) is 0 Å². The molecule has 4 nitrogen and oxygen atoms in total. The Bertz CT molecular complexity index is 610. The molecule has 0 fully saturated rings. The van der Waals surface area contributed by atoms with Crippen molar-refractivity contribution in [3.05, 3.63) is 57.7 Å². The fourth-order valence-corrected chi connectivity index (χ4v) is 1.40. The number of hydrogen-bond acceptors (Lipinski definition) is 3. The minimum absolute atomic E-state index is 0.0949. The van der Waals surface area contributed by atoms with E-state index in [1.807, 2.05) is 6.07 Å². The van der Waals surface area contributed by atoms with Crippen LogP contribution in [0.25, 0.3) is 5.69 Å². The molecule has 0 aromatic carbocycles. The van der Waals surface area contributed by atoms with Crippen LogP contribution < -0.4 is 5.56 Å². The minimum Gasteiger partial charge on any atom is -0.282 e. The summed E-state index contributed by atoms with van der Waals surface area (Å²) in [5, 5.41) is 9.09. The van der Waals surface area contributed by atoms with Crippen LogP contribution in [0.2, 0.25) is 5.15 Å². The summed E-state index contributed by atoms with van der Waals surface area (Å²) in [6.07, 6.45) is 3.05. The first kappa shape index (κ1) is 10.4. The molecule has 0 aliphatic carbocycles. The molecule has 0 aliphatic heterocycles. The monoisotopic (exact) mass is 231 g/mol. The van der Waals surface area contributed by atoms with Gasteiger partial charge in [0.25, 0.3) is 5.56 Å². The molecular weight excluding hydrogens is 226 g/mol. The average molecular weight is 232 g/mol. The van der Waals surface area contributed by atoms with Gasteiger partial charge in [0, 0.05) is 6.20 Å². The van der Waals surface area contributed by atoms with E-state index in [0.29, 0.717) is 10.8 Å². The van der Waals surface area contributed by atoms with Gasteiger partial charge in [-0.1, -0.05) is 11.6 Å². The van der Waals surface area contributed by atoms with E-state index in [-0.39, 0.29) is 11.1 Å². The second-order valence-electron chi connectivity index (χ2n) is 3.05. The SMILES string of the molecule is N#Cc1cccn(-c2ccc(Cl)nc2)c1=O. The fourth-order valence-electron chi connectivity index (χ4n) is 1.29. The van der Waals surface area contributed by atoms with Gasteiger partial charge in [0.15, 0.2) is 0 Å². The fraction of sp³-hybridized carbons (Fsp3) is 0. The van der Waals surface area contributed by atoms with Crippen molar-refractivity contribution in [2.24, 2.45) is 0 Å². The Morgan fingerprint density at radius 3 is 2.81 bits per heavy atom. The first-order valence-corrected chi connectivity index (χ1v) is 4.84. The zero-order valence-corrected chi connectivity index (χ0v) is 8.85. The zero-order chi connectivity index (χ0) is 11.5. The molecule has 0 saturated heterocycles. The third-order valence-electron chi connectivity index (χ3n) is 2.06. The first-order chi connectivity index (χ1) is 7.72. The van der Waals surface area contributed by atoms with Crippen molar-refractivity contribution in [2.45, 2.75) is 0 Å². The number of aromatic nitrogens is 2. The summed E-state index contributed by atoms with van der Waals surface area (Å²) in [6.45, 7) is 0. The zero-order valence-electron chi connectivity index (χ0n) is 8.09. The first-order valence-electron chi connectivity index (χ1n) is 4.46. The van der Waals surface area contributed by atoms with Crippen molar-refractivity contribution >= 4 is 11.6 Å².